The van der Waals surface area contributed by atoms with E-state index in [9.17, 15) is 22.3 Å². The number of sulfonamides is 1. The Hall–Kier alpha value is -3.67. The lowest BCUT2D eigenvalue weighted by atomic mass is 9.92. The lowest BCUT2D eigenvalue weighted by Crippen LogP contribution is -2.43. The smallest absolute Gasteiger partial charge is 0.261 e. The molecule has 1 aromatic heterocycles. The van der Waals surface area contributed by atoms with Gasteiger partial charge in [0.2, 0.25) is 0 Å². The first kappa shape index (κ1) is 28.3. The molecule has 0 amide bonds. The van der Waals surface area contributed by atoms with E-state index in [-0.39, 0.29) is 23.5 Å². The molecule has 1 heterocycles. The molecule has 1 unspecified atom stereocenters. The first-order valence-electron chi connectivity index (χ1n) is 12.4. The molecular weight excluding hydrogens is 524 g/mol. The molecule has 0 spiro atoms. The average molecular weight is 556 g/mol. The van der Waals surface area contributed by atoms with Gasteiger partial charge in [0.25, 0.3) is 10.0 Å². The largest absolute Gasteiger partial charge is 0.382 e. The fraction of sp³-hybridized carbons (Fsp3) is 0.286. The van der Waals surface area contributed by atoms with Crippen LogP contribution in [-0.2, 0) is 28.7 Å². The van der Waals surface area contributed by atoms with Gasteiger partial charge in [-0.2, -0.15) is 5.10 Å². The average Bonchev–Trinajstić information content (AvgIpc) is 3.37. The fourth-order valence-electron chi connectivity index (χ4n) is 4.41. The third kappa shape index (κ3) is 7.05. The van der Waals surface area contributed by atoms with E-state index >= 15 is 0 Å². The highest BCUT2D eigenvalue weighted by atomic mass is 32.2. The molecule has 3 aromatic carbocycles. The molecule has 11 heteroatoms. The molecule has 0 radical (unpaired) electrons. The number of nitrogens with zero attached hydrogens (tertiary/aromatic N) is 4. The van der Waals surface area contributed by atoms with E-state index in [0.29, 0.717) is 18.2 Å². The van der Waals surface area contributed by atoms with Crippen molar-refractivity contribution in [3.63, 3.8) is 0 Å². The van der Waals surface area contributed by atoms with Crippen LogP contribution in [0.3, 0.4) is 0 Å². The minimum atomic E-state index is -3.75. The Kier molecular flexibility index (Phi) is 8.43. The number of hydrogen-bond donors (Lipinski definition) is 2. The molecule has 1 atom stereocenters. The van der Waals surface area contributed by atoms with Crippen molar-refractivity contribution in [3.05, 3.63) is 108 Å². The predicted molar refractivity (Wildman–Crippen MR) is 144 cm³/mol. The summed E-state index contributed by atoms with van der Waals surface area (Å²) in [5.74, 6) is -1.30. The number of aliphatic hydroxyl groups is 1. The Labute approximate surface area is 227 Å². The number of anilines is 1. The molecule has 0 saturated carbocycles. The summed E-state index contributed by atoms with van der Waals surface area (Å²) in [5.41, 5.74) is 0.506. The van der Waals surface area contributed by atoms with Crippen molar-refractivity contribution >= 4 is 15.7 Å². The number of hydrogen-bond acceptors (Lipinski definition) is 6. The SMILES string of the molecule is CC(C)c1ccc(S(=O)(=O)Nc2ccc(CN(C)CC(O)(Cn3cncn3)c3ccc(F)cc3F)cc2)cc1. The predicted octanol–water partition coefficient (Wildman–Crippen LogP) is 4.50. The van der Waals surface area contributed by atoms with Crippen molar-refractivity contribution in [2.24, 2.45) is 0 Å². The quantitative estimate of drug-likeness (QED) is 0.283. The number of rotatable bonds is 11. The van der Waals surface area contributed by atoms with Crippen LogP contribution in [0.25, 0.3) is 0 Å². The van der Waals surface area contributed by atoms with Crippen LogP contribution in [0, 0.1) is 11.6 Å². The summed E-state index contributed by atoms with van der Waals surface area (Å²) in [4.78, 5) is 5.83. The van der Waals surface area contributed by atoms with E-state index in [1.807, 2.05) is 13.8 Å². The standard InChI is InChI=1S/C28H31F2N5O3S/c1-20(2)22-6-11-25(12-7-22)39(37,38)33-24-9-4-21(5-10-24)15-34(3)16-28(36,17-35-19-31-18-32-35)26-13-8-23(29)14-27(26)30/h4-14,18-20,33,36H,15-17H2,1-3H3. The van der Waals surface area contributed by atoms with Crippen LogP contribution in [-0.4, -0.2) is 46.8 Å². The molecule has 4 aromatic rings. The van der Waals surface area contributed by atoms with Crippen molar-refractivity contribution in [1.82, 2.24) is 19.7 Å². The Morgan fingerprint density at radius 2 is 1.74 bits per heavy atom. The zero-order valence-corrected chi connectivity index (χ0v) is 22.7. The second-order valence-corrected chi connectivity index (χ2v) is 11.6. The van der Waals surface area contributed by atoms with Crippen molar-refractivity contribution in [3.8, 4) is 0 Å². The minimum absolute atomic E-state index is 0.00380. The summed E-state index contributed by atoms with van der Waals surface area (Å²) in [5, 5.41) is 15.5. The number of aromatic nitrogens is 3. The number of halogens is 2. The van der Waals surface area contributed by atoms with Crippen LogP contribution in [0.15, 0.2) is 84.3 Å². The summed E-state index contributed by atoms with van der Waals surface area (Å²) in [6, 6.07) is 16.7. The number of benzene rings is 3. The molecule has 8 nitrogen and oxygen atoms in total. The zero-order valence-electron chi connectivity index (χ0n) is 21.9. The molecule has 39 heavy (non-hydrogen) atoms. The molecule has 2 N–H and O–H groups in total. The van der Waals surface area contributed by atoms with Gasteiger partial charge in [-0.05, 0) is 54.4 Å². The van der Waals surface area contributed by atoms with Crippen LogP contribution in [0.4, 0.5) is 14.5 Å². The van der Waals surface area contributed by atoms with Crippen LogP contribution in [0.2, 0.25) is 0 Å². The molecule has 206 valence electrons. The van der Waals surface area contributed by atoms with Gasteiger partial charge >= 0.3 is 0 Å². The minimum Gasteiger partial charge on any atom is -0.382 e. The first-order chi connectivity index (χ1) is 18.4. The van der Waals surface area contributed by atoms with E-state index in [1.165, 1.54) is 23.4 Å². The van der Waals surface area contributed by atoms with Crippen molar-refractivity contribution < 1.29 is 22.3 Å². The number of nitrogens with one attached hydrogen (secondary N) is 1. The molecule has 4 rings (SSSR count). The summed E-state index contributed by atoms with van der Waals surface area (Å²) in [6.07, 6.45) is 2.71. The Balaban J connectivity index is 1.45. The fourth-order valence-corrected chi connectivity index (χ4v) is 5.47. The van der Waals surface area contributed by atoms with E-state index in [4.69, 9.17) is 0 Å². The molecule has 0 aliphatic rings. The highest BCUT2D eigenvalue weighted by Crippen LogP contribution is 2.28. The van der Waals surface area contributed by atoms with Gasteiger partial charge in [-0.3, -0.25) is 9.62 Å². The van der Waals surface area contributed by atoms with Gasteiger partial charge in [0.05, 0.1) is 11.4 Å². The van der Waals surface area contributed by atoms with E-state index in [2.05, 4.69) is 14.8 Å². The molecule has 0 fully saturated rings. The van der Waals surface area contributed by atoms with Crippen LogP contribution in [0.1, 0.15) is 36.5 Å². The number of likely N-dealkylation sites (N-methyl/N-ethyl adjacent to an activating group) is 1. The molecule has 0 saturated heterocycles. The molecule has 0 bridgehead atoms. The lowest BCUT2D eigenvalue weighted by Gasteiger charge is -2.33. The van der Waals surface area contributed by atoms with Gasteiger partial charge in [-0.1, -0.05) is 44.2 Å². The Morgan fingerprint density at radius 3 is 2.33 bits per heavy atom. The first-order valence-corrected chi connectivity index (χ1v) is 13.8. The highest BCUT2D eigenvalue weighted by Gasteiger charge is 2.35. The lowest BCUT2D eigenvalue weighted by molar-refractivity contribution is -0.0175. The second-order valence-electron chi connectivity index (χ2n) is 9.95. The molecular formula is C28H31F2N5O3S. The van der Waals surface area contributed by atoms with E-state index in [0.717, 1.165) is 23.3 Å². The van der Waals surface area contributed by atoms with E-state index < -0.39 is 27.3 Å². The highest BCUT2D eigenvalue weighted by molar-refractivity contribution is 7.92. The van der Waals surface area contributed by atoms with Gasteiger partial charge < -0.3 is 5.11 Å². The van der Waals surface area contributed by atoms with Crippen LogP contribution in [0.5, 0.6) is 0 Å². The molecule has 0 aliphatic carbocycles. The summed E-state index contributed by atoms with van der Waals surface area (Å²) < 4.78 is 57.8. The van der Waals surface area contributed by atoms with Crippen molar-refractivity contribution in [2.75, 3.05) is 18.3 Å². The topological polar surface area (TPSA) is 100 Å². The summed E-state index contributed by atoms with van der Waals surface area (Å²) >= 11 is 0. The van der Waals surface area contributed by atoms with Gasteiger partial charge in [0.15, 0.2) is 0 Å². The van der Waals surface area contributed by atoms with Crippen molar-refractivity contribution in [2.45, 2.75) is 43.4 Å². The van der Waals surface area contributed by atoms with Crippen molar-refractivity contribution in [1.29, 1.82) is 0 Å². The third-order valence-electron chi connectivity index (χ3n) is 6.37. The Morgan fingerprint density at radius 1 is 1.05 bits per heavy atom. The van der Waals surface area contributed by atoms with Crippen LogP contribution < -0.4 is 4.72 Å². The third-order valence-corrected chi connectivity index (χ3v) is 7.77. The van der Waals surface area contributed by atoms with Gasteiger partial charge in [-0.15, -0.1) is 0 Å². The Bertz CT molecular complexity index is 1500. The maximum absolute atomic E-state index is 14.7. The summed E-state index contributed by atoms with van der Waals surface area (Å²) in [7, 11) is -1.99. The van der Waals surface area contributed by atoms with E-state index in [1.54, 1.807) is 60.5 Å². The van der Waals surface area contributed by atoms with Gasteiger partial charge in [0, 0.05) is 30.4 Å². The maximum atomic E-state index is 14.7. The van der Waals surface area contributed by atoms with Gasteiger partial charge in [-0.25, -0.2) is 26.9 Å². The second kappa shape index (κ2) is 11.6. The monoisotopic (exact) mass is 555 g/mol. The summed E-state index contributed by atoms with van der Waals surface area (Å²) in [6.45, 7) is 4.35. The normalized spacial score (nSPS) is 13.5. The van der Waals surface area contributed by atoms with Gasteiger partial charge in [0.1, 0.15) is 29.9 Å². The molecule has 0 aliphatic heterocycles. The zero-order chi connectivity index (χ0) is 28.2. The van der Waals surface area contributed by atoms with Crippen LogP contribution >= 0.6 is 0 Å². The maximum Gasteiger partial charge on any atom is 0.261 e.